The van der Waals surface area contributed by atoms with Crippen LogP contribution in [0.25, 0.3) is 0 Å². The third-order valence-electron chi connectivity index (χ3n) is 4.10. The van der Waals surface area contributed by atoms with Crippen molar-refractivity contribution in [1.82, 2.24) is 10.1 Å². The first-order valence-electron chi connectivity index (χ1n) is 7.99. The van der Waals surface area contributed by atoms with Crippen LogP contribution in [0.2, 0.25) is 5.02 Å². The van der Waals surface area contributed by atoms with Crippen LogP contribution in [-0.2, 0) is 11.2 Å². The van der Waals surface area contributed by atoms with E-state index in [1.165, 1.54) is 0 Å². The molecule has 0 spiro atoms. The molecule has 0 aliphatic carbocycles. The van der Waals surface area contributed by atoms with Crippen molar-refractivity contribution in [2.75, 3.05) is 12.4 Å². The highest BCUT2D eigenvalue weighted by Crippen LogP contribution is 2.24. The second kappa shape index (κ2) is 7.70. The minimum Gasteiger partial charge on any atom is -0.361 e. The number of carbonyl (C=O) groups excluding carboxylic acids is 2. The van der Waals surface area contributed by atoms with E-state index in [4.69, 9.17) is 16.1 Å². The van der Waals surface area contributed by atoms with Crippen LogP contribution in [0.15, 0.2) is 22.7 Å². The summed E-state index contributed by atoms with van der Waals surface area (Å²) < 4.78 is 5.06. The highest BCUT2D eigenvalue weighted by molar-refractivity contribution is 6.33. The van der Waals surface area contributed by atoms with Gasteiger partial charge in [-0.25, -0.2) is 0 Å². The van der Waals surface area contributed by atoms with Crippen molar-refractivity contribution in [3.8, 4) is 0 Å². The lowest BCUT2D eigenvalue weighted by Crippen LogP contribution is -2.33. The Morgan fingerprint density at radius 1 is 1.32 bits per heavy atom. The summed E-state index contributed by atoms with van der Waals surface area (Å²) in [5.74, 6) is 0.229. The van der Waals surface area contributed by atoms with Crippen LogP contribution in [0, 0.1) is 13.8 Å². The highest BCUT2D eigenvalue weighted by atomic mass is 35.5. The van der Waals surface area contributed by atoms with Gasteiger partial charge in [0.15, 0.2) is 0 Å². The Morgan fingerprint density at radius 3 is 2.56 bits per heavy atom. The lowest BCUT2D eigenvalue weighted by atomic mass is 10.1. The molecule has 0 aliphatic rings. The van der Waals surface area contributed by atoms with E-state index in [1.807, 2.05) is 13.8 Å². The molecule has 0 bridgehead atoms. The van der Waals surface area contributed by atoms with Gasteiger partial charge in [0.25, 0.3) is 5.91 Å². The van der Waals surface area contributed by atoms with Crippen molar-refractivity contribution in [3.05, 3.63) is 45.8 Å². The van der Waals surface area contributed by atoms with Gasteiger partial charge in [-0.3, -0.25) is 9.59 Å². The maximum atomic E-state index is 12.4. The van der Waals surface area contributed by atoms with Crippen LogP contribution in [0.3, 0.4) is 0 Å². The molecule has 2 amide bonds. The molecule has 134 valence electrons. The number of nitrogens with one attached hydrogen (secondary N) is 1. The SMILES string of the molecule is Cc1noc(C)c1CC(=O)Nc1cc(C(=O)N(C)C(C)C)ccc1Cl. The van der Waals surface area contributed by atoms with Gasteiger partial charge < -0.3 is 14.7 Å². The second-order valence-electron chi connectivity index (χ2n) is 6.23. The molecule has 0 fully saturated rings. The molecule has 0 radical (unpaired) electrons. The van der Waals surface area contributed by atoms with Gasteiger partial charge in [-0.2, -0.15) is 0 Å². The number of hydrogen-bond acceptors (Lipinski definition) is 4. The van der Waals surface area contributed by atoms with Gasteiger partial charge in [0.2, 0.25) is 5.91 Å². The summed E-state index contributed by atoms with van der Waals surface area (Å²) in [5.41, 5.74) is 2.30. The number of amides is 2. The fourth-order valence-corrected chi connectivity index (χ4v) is 2.47. The molecule has 0 aliphatic heterocycles. The minimum absolute atomic E-state index is 0.0701. The van der Waals surface area contributed by atoms with E-state index in [9.17, 15) is 9.59 Å². The topological polar surface area (TPSA) is 75.4 Å². The molecule has 1 aromatic carbocycles. The summed E-state index contributed by atoms with van der Waals surface area (Å²) in [4.78, 5) is 26.4. The Morgan fingerprint density at radius 2 is 2.00 bits per heavy atom. The first-order chi connectivity index (χ1) is 11.7. The van der Waals surface area contributed by atoms with Crippen molar-refractivity contribution < 1.29 is 14.1 Å². The van der Waals surface area contributed by atoms with Crippen molar-refractivity contribution in [1.29, 1.82) is 0 Å². The number of anilines is 1. The smallest absolute Gasteiger partial charge is 0.253 e. The van der Waals surface area contributed by atoms with Crippen LogP contribution in [0.1, 0.15) is 41.2 Å². The normalized spacial score (nSPS) is 10.8. The third-order valence-corrected chi connectivity index (χ3v) is 4.43. The molecule has 0 atom stereocenters. The Hall–Kier alpha value is -2.34. The van der Waals surface area contributed by atoms with E-state index < -0.39 is 0 Å². The van der Waals surface area contributed by atoms with E-state index in [1.54, 1.807) is 44.0 Å². The van der Waals surface area contributed by atoms with Crippen molar-refractivity contribution in [2.24, 2.45) is 0 Å². The standard InChI is InChI=1S/C18H22ClN3O3/c1-10(2)22(5)18(24)13-6-7-15(19)16(8-13)20-17(23)9-14-11(3)21-25-12(14)4/h6-8,10H,9H2,1-5H3,(H,20,23). The number of halogens is 1. The molecule has 1 N–H and O–H groups in total. The van der Waals surface area contributed by atoms with E-state index in [0.29, 0.717) is 27.7 Å². The molecule has 25 heavy (non-hydrogen) atoms. The molecule has 1 heterocycles. The van der Waals surface area contributed by atoms with Crippen molar-refractivity contribution in [3.63, 3.8) is 0 Å². The number of nitrogens with zero attached hydrogens (tertiary/aromatic N) is 2. The predicted molar refractivity (Wildman–Crippen MR) is 97.0 cm³/mol. The predicted octanol–water partition coefficient (Wildman–Crippen LogP) is 3.61. The summed E-state index contributed by atoms with van der Waals surface area (Å²) >= 11 is 6.16. The quantitative estimate of drug-likeness (QED) is 0.880. The first kappa shape index (κ1) is 19.0. The number of aromatic nitrogens is 1. The van der Waals surface area contributed by atoms with E-state index in [0.717, 1.165) is 5.56 Å². The lowest BCUT2D eigenvalue weighted by Gasteiger charge is -2.22. The maximum absolute atomic E-state index is 12.4. The van der Waals surface area contributed by atoms with E-state index >= 15 is 0 Å². The molecule has 2 aromatic rings. The zero-order chi connectivity index (χ0) is 18.7. The summed E-state index contributed by atoms with van der Waals surface area (Å²) in [5, 5.41) is 6.96. The zero-order valence-corrected chi connectivity index (χ0v) is 15.8. The molecule has 1 aromatic heterocycles. The summed E-state index contributed by atoms with van der Waals surface area (Å²) in [6.07, 6.45) is 0.127. The summed E-state index contributed by atoms with van der Waals surface area (Å²) in [6.45, 7) is 7.41. The van der Waals surface area contributed by atoms with E-state index in [-0.39, 0.29) is 24.3 Å². The van der Waals surface area contributed by atoms with Crippen LogP contribution >= 0.6 is 11.6 Å². The Labute approximate surface area is 152 Å². The van der Waals surface area contributed by atoms with Crippen LogP contribution in [0.4, 0.5) is 5.69 Å². The second-order valence-corrected chi connectivity index (χ2v) is 6.64. The molecule has 6 nitrogen and oxygen atoms in total. The largest absolute Gasteiger partial charge is 0.361 e. The van der Waals surface area contributed by atoms with Gasteiger partial charge in [0.05, 0.1) is 22.8 Å². The number of carbonyl (C=O) groups is 2. The summed E-state index contributed by atoms with van der Waals surface area (Å²) in [6, 6.07) is 4.91. The summed E-state index contributed by atoms with van der Waals surface area (Å²) in [7, 11) is 1.73. The molecular formula is C18H22ClN3O3. The lowest BCUT2D eigenvalue weighted by molar-refractivity contribution is -0.115. The van der Waals surface area contributed by atoms with Gasteiger partial charge in [0.1, 0.15) is 5.76 Å². The van der Waals surface area contributed by atoms with Gasteiger partial charge in [-0.15, -0.1) is 0 Å². The van der Waals surface area contributed by atoms with Gasteiger partial charge >= 0.3 is 0 Å². The number of hydrogen-bond donors (Lipinski definition) is 1. The molecule has 0 saturated carbocycles. The Bertz CT molecular complexity index is 779. The van der Waals surface area contributed by atoms with Crippen LogP contribution in [-0.4, -0.2) is 35.0 Å². The van der Waals surface area contributed by atoms with Crippen molar-refractivity contribution >= 4 is 29.1 Å². The fourth-order valence-electron chi connectivity index (χ4n) is 2.30. The van der Waals surface area contributed by atoms with E-state index in [2.05, 4.69) is 10.5 Å². The van der Waals surface area contributed by atoms with Gasteiger partial charge in [-0.1, -0.05) is 16.8 Å². The van der Waals surface area contributed by atoms with Crippen LogP contribution < -0.4 is 5.32 Å². The van der Waals surface area contributed by atoms with Gasteiger partial charge in [0, 0.05) is 24.2 Å². The number of aryl methyl sites for hydroxylation is 2. The minimum atomic E-state index is -0.252. The number of benzene rings is 1. The monoisotopic (exact) mass is 363 g/mol. The fraction of sp³-hybridized carbons (Fsp3) is 0.389. The molecule has 0 saturated heterocycles. The first-order valence-corrected chi connectivity index (χ1v) is 8.36. The average Bonchev–Trinajstić information content (AvgIpc) is 2.87. The maximum Gasteiger partial charge on any atom is 0.253 e. The molecule has 7 heteroatoms. The molecule has 0 unspecified atom stereocenters. The Kier molecular flexibility index (Phi) is 5.85. The zero-order valence-electron chi connectivity index (χ0n) is 15.0. The highest BCUT2D eigenvalue weighted by Gasteiger charge is 2.18. The molecule has 2 rings (SSSR count). The van der Waals surface area contributed by atoms with Crippen molar-refractivity contribution in [2.45, 2.75) is 40.2 Å². The number of rotatable bonds is 5. The Balaban J connectivity index is 2.18. The average molecular weight is 364 g/mol. The molecular weight excluding hydrogens is 342 g/mol. The van der Waals surface area contributed by atoms with Gasteiger partial charge in [-0.05, 0) is 45.9 Å². The van der Waals surface area contributed by atoms with Crippen LogP contribution in [0.5, 0.6) is 0 Å². The third kappa shape index (κ3) is 4.39.